The van der Waals surface area contributed by atoms with Crippen LogP contribution in [0, 0.1) is 0 Å². The van der Waals surface area contributed by atoms with Gasteiger partial charge in [-0.2, -0.15) is 4.98 Å². The Bertz CT molecular complexity index is 495. The molecule has 0 spiro atoms. The standard InChI is InChI=1S/C15H21N3O/c1-3-11(2)14-17-15(19-18-14)13(16)10-9-12-7-5-4-6-8-12/h4-8,11,13H,3,9-10,16H2,1-2H3/t11?,13-/m0/s1. The Morgan fingerprint density at radius 2 is 2.00 bits per heavy atom. The fourth-order valence-electron chi connectivity index (χ4n) is 1.87. The zero-order chi connectivity index (χ0) is 13.7. The lowest BCUT2D eigenvalue weighted by molar-refractivity contribution is 0.343. The summed E-state index contributed by atoms with van der Waals surface area (Å²) in [6.07, 6.45) is 2.73. The minimum absolute atomic E-state index is 0.189. The van der Waals surface area contributed by atoms with E-state index in [0.29, 0.717) is 11.8 Å². The van der Waals surface area contributed by atoms with Crippen LogP contribution in [-0.2, 0) is 6.42 Å². The maximum Gasteiger partial charge on any atom is 0.243 e. The van der Waals surface area contributed by atoms with Gasteiger partial charge in [-0.05, 0) is 24.8 Å². The quantitative estimate of drug-likeness (QED) is 0.865. The molecule has 0 amide bonds. The summed E-state index contributed by atoms with van der Waals surface area (Å²) in [5.74, 6) is 1.62. The molecule has 0 aliphatic rings. The largest absolute Gasteiger partial charge is 0.338 e. The van der Waals surface area contributed by atoms with Gasteiger partial charge in [-0.25, -0.2) is 0 Å². The molecule has 0 radical (unpaired) electrons. The molecular weight excluding hydrogens is 238 g/mol. The van der Waals surface area contributed by atoms with Crippen LogP contribution in [0.1, 0.15) is 55.9 Å². The van der Waals surface area contributed by atoms with Crippen LogP contribution in [0.5, 0.6) is 0 Å². The number of nitrogens with zero attached hydrogens (tertiary/aromatic N) is 2. The zero-order valence-corrected chi connectivity index (χ0v) is 11.5. The summed E-state index contributed by atoms with van der Waals surface area (Å²) in [6, 6.07) is 10.1. The van der Waals surface area contributed by atoms with E-state index in [1.807, 2.05) is 18.2 Å². The van der Waals surface area contributed by atoms with Crippen molar-refractivity contribution in [3.05, 3.63) is 47.6 Å². The summed E-state index contributed by atoms with van der Waals surface area (Å²) in [5, 5.41) is 4.00. The zero-order valence-electron chi connectivity index (χ0n) is 11.5. The highest BCUT2D eigenvalue weighted by Crippen LogP contribution is 2.19. The van der Waals surface area contributed by atoms with Crippen LogP contribution in [0.3, 0.4) is 0 Å². The second kappa shape index (κ2) is 6.48. The maximum atomic E-state index is 6.10. The van der Waals surface area contributed by atoms with Crippen LogP contribution in [-0.4, -0.2) is 10.1 Å². The van der Waals surface area contributed by atoms with Gasteiger partial charge >= 0.3 is 0 Å². The van der Waals surface area contributed by atoms with Crippen molar-refractivity contribution in [2.24, 2.45) is 5.73 Å². The molecule has 2 N–H and O–H groups in total. The molecule has 1 unspecified atom stereocenters. The molecule has 2 atom stereocenters. The van der Waals surface area contributed by atoms with Crippen molar-refractivity contribution < 1.29 is 4.52 Å². The Balaban J connectivity index is 1.93. The number of aryl methyl sites for hydroxylation is 1. The maximum absolute atomic E-state index is 6.10. The molecule has 19 heavy (non-hydrogen) atoms. The molecule has 0 saturated carbocycles. The smallest absolute Gasteiger partial charge is 0.243 e. The molecule has 102 valence electrons. The van der Waals surface area contributed by atoms with Gasteiger partial charge in [0, 0.05) is 5.92 Å². The van der Waals surface area contributed by atoms with Gasteiger partial charge < -0.3 is 10.3 Å². The Hall–Kier alpha value is -1.68. The summed E-state index contributed by atoms with van der Waals surface area (Å²) >= 11 is 0. The highest BCUT2D eigenvalue weighted by Gasteiger charge is 2.17. The van der Waals surface area contributed by atoms with Crippen molar-refractivity contribution >= 4 is 0 Å². The third kappa shape index (κ3) is 3.64. The van der Waals surface area contributed by atoms with Gasteiger partial charge in [0.05, 0.1) is 6.04 Å². The molecule has 0 fully saturated rings. The van der Waals surface area contributed by atoms with E-state index in [4.69, 9.17) is 10.3 Å². The molecule has 4 nitrogen and oxygen atoms in total. The van der Waals surface area contributed by atoms with Crippen molar-refractivity contribution in [1.82, 2.24) is 10.1 Å². The minimum Gasteiger partial charge on any atom is -0.338 e. The summed E-state index contributed by atoms with van der Waals surface area (Å²) in [7, 11) is 0. The second-order valence-electron chi connectivity index (χ2n) is 4.93. The lowest BCUT2D eigenvalue weighted by Crippen LogP contribution is -2.12. The summed E-state index contributed by atoms with van der Waals surface area (Å²) in [5.41, 5.74) is 7.38. The average molecular weight is 259 g/mol. The number of hydrogen-bond acceptors (Lipinski definition) is 4. The van der Waals surface area contributed by atoms with E-state index >= 15 is 0 Å². The van der Waals surface area contributed by atoms with Crippen LogP contribution in [0.4, 0.5) is 0 Å². The molecule has 0 aliphatic heterocycles. The predicted molar refractivity (Wildman–Crippen MR) is 74.7 cm³/mol. The van der Waals surface area contributed by atoms with E-state index in [1.54, 1.807) is 0 Å². The van der Waals surface area contributed by atoms with Gasteiger partial charge in [0.15, 0.2) is 5.82 Å². The lowest BCUT2D eigenvalue weighted by Gasteiger charge is -2.06. The van der Waals surface area contributed by atoms with Gasteiger partial charge in [-0.1, -0.05) is 49.3 Å². The van der Waals surface area contributed by atoms with Gasteiger partial charge in [0.25, 0.3) is 0 Å². The van der Waals surface area contributed by atoms with Crippen molar-refractivity contribution in [3.63, 3.8) is 0 Å². The molecule has 2 rings (SSSR count). The van der Waals surface area contributed by atoms with E-state index in [1.165, 1.54) is 5.56 Å². The number of aromatic nitrogens is 2. The number of nitrogens with two attached hydrogens (primary N) is 1. The monoisotopic (exact) mass is 259 g/mol. The summed E-state index contributed by atoms with van der Waals surface area (Å²) in [6.45, 7) is 4.19. The van der Waals surface area contributed by atoms with E-state index in [0.717, 1.165) is 25.1 Å². The molecule has 2 aromatic rings. The van der Waals surface area contributed by atoms with Crippen LogP contribution in [0.15, 0.2) is 34.9 Å². The molecule has 4 heteroatoms. The van der Waals surface area contributed by atoms with Crippen LogP contribution >= 0.6 is 0 Å². The van der Waals surface area contributed by atoms with Crippen molar-refractivity contribution in [1.29, 1.82) is 0 Å². The van der Waals surface area contributed by atoms with Crippen molar-refractivity contribution in [2.75, 3.05) is 0 Å². The predicted octanol–water partition coefficient (Wildman–Crippen LogP) is 3.22. The number of benzene rings is 1. The van der Waals surface area contributed by atoms with Crippen LogP contribution < -0.4 is 5.73 Å². The Kier molecular flexibility index (Phi) is 4.68. The number of rotatable bonds is 6. The van der Waals surface area contributed by atoms with Crippen LogP contribution in [0.25, 0.3) is 0 Å². The lowest BCUT2D eigenvalue weighted by atomic mass is 10.1. The van der Waals surface area contributed by atoms with E-state index < -0.39 is 0 Å². The van der Waals surface area contributed by atoms with Gasteiger partial charge in [-0.3, -0.25) is 0 Å². The molecule has 0 saturated heterocycles. The first kappa shape index (κ1) is 13.7. The Morgan fingerprint density at radius 1 is 1.26 bits per heavy atom. The van der Waals surface area contributed by atoms with Gasteiger partial charge in [0.1, 0.15) is 0 Å². The third-order valence-electron chi connectivity index (χ3n) is 3.41. The highest BCUT2D eigenvalue weighted by atomic mass is 16.5. The summed E-state index contributed by atoms with van der Waals surface area (Å²) in [4.78, 5) is 4.39. The fraction of sp³-hybridized carbons (Fsp3) is 0.467. The highest BCUT2D eigenvalue weighted by molar-refractivity contribution is 5.15. The molecule has 1 heterocycles. The Labute approximate surface area is 114 Å². The van der Waals surface area contributed by atoms with E-state index in [-0.39, 0.29) is 6.04 Å². The topological polar surface area (TPSA) is 64.9 Å². The van der Waals surface area contributed by atoms with Crippen molar-refractivity contribution in [3.8, 4) is 0 Å². The molecular formula is C15H21N3O. The number of hydrogen-bond donors (Lipinski definition) is 1. The van der Waals surface area contributed by atoms with Crippen LogP contribution in [0.2, 0.25) is 0 Å². The second-order valence-corrected chi connectivity index (χ2v) is 4.93. The molecule has 1 aromatic carbocycles. The van der Waals surface area contributed by atoms with Gasteiger partial charge in [-0.15, -0.1) is 0 Å². The van der Waals surface area contributed by atoms with Gasteiger partial charge in [0.2, 0.25) is 5.89 Å². The minimum atomic E-state index is -0.189. The normalized spacial score (nSPS) is 14.3. The van der Waals surface area contributed by atoms with Crippen molar-refractivity contribution in [2.45, 2.75) is 45.1 Å². The first-order valence-electron chi connectivity index (χ1n) is 6.83. The third-order valence-corrected chi connectivity index (χ3v) is 3.41. The average Bonchev–Trinajstić information content (AvgIpc) is 2.95. The first-order chi connectivity index (χ1) is 9.20. The van der Waals surface area contributed by atoms with E-state index in [9.17, 15) is 0 Å². The molecule has 1 aromatic heterocycles. The SMILES string of the molecule is CCC(C)c1noc([C@@H](N)CCc2ccccc2)n1. The molecule has 0 aliphatic carbocycles. The molecule has 0 bridgehead atoms. The first-order valence-corrected chi connectivity index (χ1v) is 6.83. The Morgan fingerprint density at radius 3 is 2.68 bits per heavy atom. The fourth-order valence-corrected chi connectivity index (χ4v) is 1.87. The summed E-state index contributed by atoms with van der Waals surface area (Å²) < 4.78 is 5.25. The van der Waals surface area contributed by atoms with E-state index in [2.05, 4.69) is 36.1 Å².